The molecule has 0 spiro atoms. The number of hydrogen-bond acceptors (Lipinski definition) is 2. The lowest BCUT2D eigenvalue weighted by atomic mass is 9.33. The Labute approximate surface area is 303 Å². The summed E-state index contributed by atoms with van der Waals surface area (Å²) in [6.07, 6.45) is 0. The minimum Gasteiger partial charge on any atom is -0.311 e. The van der Waals surface area contributed by atoms with Crippen molar-refractivity contribution in [3.05, 3.63) is 194 Å². The Morgan fingerprint density at radius 3 is 1.29 bits per heavy atom. The zero-order valence-electron chi connectivity index (χ0n) is 28.4. The maximum atomic E-state index is 2.47. The number of hydrogen-bond donors (Lipinski definition) is 0. The van der Waals surface area contributed by atoms with E-state index < -0.39 is 0 Å². The van der Waals surface area contributed by atoms with Crippen LogP contribution in [0.25, 0.3) is 38.6 Å². The highest BCUT2D eigenvalue weighted by molar-refractivity contribution is 7.00. The minimum absolute atomic E-state index is 0.101. The van der Waals surface area contributed by atoms with E-state index in [1.54, 1.807) is 0 Å². The molecule has 2 aliphatic rings. The van der Waals surface area contributed by atoms with Crippen LogP contribution in [0.1, 0.15) is 0 Å². The van der Waals surface area contributed by atoms with Gasteiger partial charge in [-0.25, -0.2) is 0 Å². The van der Waals surface area contributed by atoms with Gasteiger partial charge in [0.1, 0.15) is 0 Å². The van der Waals surface area contributed by atoms with E-state index in [0.717, 1.165) is 17.1 Å². The number of para-hydroxylation sites is 6. The molecule has 0 bridgehead atoms. The molecule has 0 aliphatic carbocycles. The number of fused-ring (bicyclic) bond motifs is 7. The average molecular weight is 662 g/mol. The molecule has 0 atom stereocenters. The molecule has 3 heterocycles. The van der Waals surface area contributed by atoms with Crippen molar-refractivity contribution in [3.8, 4) is 16.8 Å². The Morgan fingerprint density at radius 2 is 0.769 bits per heavy atom. The van der Waals surface area contributed by atoms with Crippen molar-refractivity contribution in [1.29, 1.82) is 0 Å². The number of benzene rings is 8. The molecule has 52 heavy (non-hydrogen) atoms. The molecule has 0 N–H and O–H groups in total. The zero-order valence-corrected chi connectivity index (χ0v) is 28.4. The van der Waals surface area contributed by atoms with Gasteiger partial charge in [0.25, 0.3) is 6.71 Å². The van der Waals surface area contributed by atoms with E-state index in [1.807, 2.05) is 0 Å². The summed E-state index contributed by atoms with van der Waals surface area (Å²) in [5.74, 6) is 0. The van der Waals surface area contributed by atoms with Crippen LogP contribution in [0.15, 0.2) is 194 Å². The predicted molar refractivity (Wildman–Crippen MR) is 220 cm³/mol. The Morgan fingerprint density at radius 1 is 0.327 bits per heavy atom. The normalized spacial score (nSPS) is 12.9. The third-order valence-corrected chi connectivity index (χ3v) is 11.0. The van der Waals surface area contributed by atoms with Gasteiger partial charge in [0.2, 0.25) is 0 Å². The van der Waals surface area contributed by atoms with Gasteiger partial charge < -0.3 is 14.4 Å². The van der Waals surface area contributed by atoms with Crippen LogP contribution in [0.3, 0.4) is 0 Å². The molecule has 0 saturated carbocycles. The molecule has 8 aromatic carbocycles. The Bertz CT molecular complexity index is 2640. The topological polar surface area (TPSA) is 11.4 Å². The van der Waals surface area contributed by atoms with Gasteiger partial charge in [0.05, 0.1) is 11.0 Å². The summed E-state index contributed by atoms with van der Waals surface area (Å²) in [7, 11) is 0. The summed E-state index contributed by atoms with van der Waals surface area (Å²) < 4.78 is 2.39. The molecule has 0 fully saturated rings. The molecule has 0 saturated heterocycles. The quantitative estimate of drug-likeness (QED) is 0.174. The first-order chi connectivity index (χ1) is 25.8. The molecule has 3 nitrogen and oxygen atoms in total. The molecular formula is C48H32BN3. The summed E-state index contributed by atoms with van der Waals surface area (Å²) in [6, 6.07) is 70.9. The van der Waals surface area contributed by atoms with Crippen molar-refractivity contribution in [2.75, 3.05) is 9.80 Å². The standard InChI is InChI=1S/C48H32BN3/c1-3-15-35(16-4-1)51-44-25-13-9-21-40(44)49-41-22-10-14-26-45(41)52(36-17-5-2-6-18-36)47-32-34(31-46(51)48(47)49)33-27-29-37(30-28-33)50-42-23-11-7-19-38(42)39-20-8-12-24-43(39)50/h1-32H. The summed E-state index contributed by atoms with van der Waals surface area (Å²) in [5.41, 5.74) is 17.1. The molecule has 11 rings (SSSR count). The first kappa shape index (κ1) is 29.0. The molecule has 1 aromatic heterocycles. The molecule has 2 aliphatic heterocycles. The van der Waals surface area contributed by atoms with E-state index >= 15 is 0 Å². The highest BCUT2D eigenvalue weighted by Crippen LogP contribution is 2.46. The van der Waals surface area contributed by atoms with Crippen molar-refractivity contribution < 1.29 is 0 Å². The molecule has 0 unspecified atom stereocenters. The predicted octanol–water partition coefficient (Wildman–Crippen LogP) is 10.5. The van der Waals surface area contributed by atoms with Gasteiger partial charge >= 0.3 is 0 Å². The van der Waals surface area contributed by atoms with Crippen molar-refractivity contribution >= 4 is 79.0 Å². The molecular weight excluding hydrogens is 629 g/mol. The third-order valence-electron chi connectivity index (χ3n) is 11.0. The second kappa shape index (κ2) is 11.4. The van der Waals surface area contributed by atoms with Gasteiger partial charge in [-0.1, -0.05) is 121 Å². The second-order valence-corrected chi connectivity index (χ2v) is 13.7. The maximum absolute atomic E-state index is 2.47. The van der Waals surface area contributed by atoms with Crippen molar-refractivity contribution in [2.45, 2.75) is 0 Å². The zero-order chi connectivity index (χ0) is 34.2. The van der Waals surface area contributed by atoms with Crippen LogP contribution >= 0.6 is 0 Å². The largest absolute Gasteiger partial charge is 0.311 e. The van der Waals surface area contributed by atoms with Crippen LogP contribution < -0.4 is 26.2 Å². The van der Waals surface area contributed by atoms with Gasteiger partial charge in [-0.3, -0.25) is 0 Å². The Hall–Kier alpha value is -6.78. The van der Waals surface area contributed by atoms with Crippen LogP contribution in [0.5, 0.6) is 0 Å². The van der Waals surface area contributed by atoms with Crippen LogP contribution in [0.2, 0.25) is 0 Å². The van der Waals surface area contributed by atoms with Crippen LogP contribution in [0, 0.1) is 0 Å². The van der Waals surface area contributed by atoms with Crippen LogP contribution in [-0.4, -0.2) is 11.3 Å². The van der Waals surface area contributed by atoms with Crippen molar-refractivity contribution in [1.82, 2.24) is 4.57 Å². The monoisotopic (exact) mass is 661 g/mol. The van der Waals surface area contributed by atoms with Crippen LogP contribution in [0.4, 0.5) is 34.1 Å². The van der Waals surface area contributed by atoms with Gasteiger partial charge in [-0.2, -0.15) is 0 Å². The lowest BCUT2D eigenvalue weighted by Gasteiger charge is -2.44. The molecule has 4 heteroatoms. The van der Waals surface area contributed by atoms with Gasteiger partial charge in [0.15, 0.2) is 0 Å². The van der Waals surface area contributed by atoms with Gasteiger partial charge in [-0.05, 0) is 100 Å². The van der Waals surface area contributed by atoms with E-state index in [0.29, 0.717) is 0 Å². The SMILES string of the molecule is c1ccc(N2c3ccccc3B3c4ccccc4N(c4ccccc4)c4cc(-c5ccc(-n6c7ccccc7c7ccccc76)cc5)cc2c43)cc1. The second-order valence-electron chi connectivity index (χ2n) is 13.7. The number of rotatable bonds is 4. The molecule has 0 amide bonds. The lowest BCUT2D eigenvalue weighted by Crippen LogP contribution is -2.61. The first-order valence-corrected chi connectivity index (χ1v) is 18.0. The highest BCUT2D eigenvalue weighted by Gasteiger charge is 2.43. The van der Waals surface area contributed by atoms with Crippen LogP contribution in [-0.2, 0) is 0 Å². The van der Waals surface area contributed by atoms with Crippen molar-refractivity contribution in [3.63, 3.8) is 0 Å². The summed E-state index contributed by atoms with van der Waals surface area (Å²) in [6.45, 7) is 0.101. The van der Waals surface area contributed by atoms with E-state index in [4.69, 9.17) is 0 Å². The fourth-order valence-electron chi connectivity index (χ4n) is 8.78. The average Bonchev–Trinajstić information content (AvgIpc) is 3.55. The fraction of sp³-hybridized carbons (Fsp3) is 0. The highest BCUT2D eigenvalue weighted by atomic mass is 15.2. The van der Waals surface area contributed by atoms with E-state index in [9.17, 15) is 0 Å². The van der Waals surface area contributed by atoms with E-state index in [-0.39, 0.29) is 6.71 Å². The number of anilines is 6. The van der Waals surface area contributed by atoms with Gasteiger partial charge in [0, 0.05) is 50.6 Å². The lowest BCUT2D eigenvalue weighted by molar-refractivity contribution is 1.18. The number of aromatic nitrogens is 1. The number of nitrogens with zero attached hydrogens (tertiary/aromatic N) is 3. The Kier molecular flexibility index (Phi) is 6.35. The van der Waals surface area contributed by atoms with E-state index in [2.05, 4.69) is 208 Å². The smallest absolute Gasteiger partial charge is 0.252 e. The molecule has 9 aromatic rings. The molecule has 242 valence electrons. The minimum atomic E-state index is 0.101. The molecule has 0 radical (unpaired) electrons. The maximum Gasteiger partial charge on any atom is 0.252 e. The summed E-state index contributed by atoms with van der Waals surface area (Å²) in [4.78, 5) is 4.94. The van der Waals surface area contributed by atoms with Gasteiger partial charge in [-0.15, -0.1) is 0 Å². The van der Waals surface area contributed by atoms with Crippen molar-refractivity contribution in [2.24, 2.45) is 0 Å². The third kappa shape index (κ3) is 4.21. The summed E-state index contributed by atoms with van der Waals surface area (Å²) in [5, 5.41) is 2.54. The Balaban J connectivity index is 1.16. The summed E-state index contributed by atoms with van der Waals surface area (Å²) >= 11 is 0. The first-order valence-electron chi connectivity index (χ1n) is 18.0. The fourth-order valence-corrected chi connectivity index (χ4v) is 8.78. The van der Waals surface area contributed by atoms with E-state index in [1.165, 1.54) is 72.1 Å².